The summed E-state index contributed by atoms with van der Waals surface area (Å²) in [6.45, 7) is 1.12. The smallest absolute Gasteiger partial charge is 0.0776 e. The number of nitrogens with two attached hydrogens (primary N) is 2. The van der Waals surface area contributed by atoms with E-state index in [-0.39, 0.29) is 12.0 Å². The molecule has 0 aromatic heterocycles. The fourth-order valence-corrected chi connectivity index (χ4v) is 2.80. The van der Waals surface area contributed by atoms with Crippen molar-refractivity contribution in [2.75, 3.05) is 19.7 Å². The van der Waals surface area contributed by atoms with E-state index in [1.807, 2.05) is 0 Å². The lowest BCUT2D eigenvalue weighted by atomic mass is 9.67. The van der Waals surface area contributed by atoms with Crippen LogP contribution in [0.2, 0.25) is 0 Å². The second-order valence-electron chi connectivity index (χ2n) is 4.94. The highest BCUT2D eigenvalue weighted by Crippen LogP contribution is 2.41. The van der Waals surface area contributed by atoms with Crippen LogP contribution >= 0.6 is 0 Å². The largest absolute Gasteiger partial charge is 0.394 e. The molecule has 90 valence electrons. The predicted molar refractivity (Wildman–Crippen MR) is 60.2 cm³/mol. The Labute approximate surface area is 91.7 Å². The summed E-state index contributed by atoms with van der Waals surface area (Å²) in [5, 5.41) is 18.4. The molecule has 0 aromatic rings. The lowest BCUT2D eigenvalue weighted by Gasteiger charge is -2.41. The summed E-state index contributed by atoms with van der Waals surface area (Å²) < 4.78 is 0. The number of aliphatic hydroxyl groups is 2. The average Bonchev–Trinajstić information content (AvgIpc) is 2.29. The second-order valence-corrected chi connectivity index (χ2v) is 4.94. The third kappa shape index (κ3) is 3.41. The Morgan fingerprint density at radius 3 is 2.67 bits per heavy atom. The summed E-state index contributed by atoms with van der Waals surface area (Å²) in [5.41, 5.74) is 11.5. The molecule has 1 saturated carbocycles. The van der Waals surface area contributed by atoms with E-state index in [0.29, 0.717) is 25.4 Å². The Bertz CT molecular complexity index is 185. The van der Waals surface area contributed by atoms with Crippen molar-refractivity contribution in [2.24, 2.45) is 22.8 Å². The van der Waals surface area contributed by atoms with E-state index >= 15 is 0 Å². The summed E-state index contributed by atoms with van der Waals surface area (Å²) in [6, 6.07) is 0. The van der Waals surface area contributed by atoms with E-state index in [4.69, 9.17) is 16.6 Å². The van der Waals surface area contributed by atoms with Gasteiger partial charge < -0.3 is 21.7 Å². The van der Waals surface area contributed by atoms with Gasteiger partial charge in [-0.2, -0.15) is 0 Å². The van der Waals surface area contributed by atoms with E-state index in [0.717, 1.165) is 19.3 Å². The molecule has 0 aromatic carbocycles. The normalized spacial score (nSPS) is 34.0. The second kappa shape index (κ2) is 5.80. The average molecular weight is 216 g/mol. The van der Waals surface area contributed by atoms with Crippen LogP contribution in [0.5, 0.6) is 0 Å². The molecule has 0 aliphatic heterocycles. The van der Waals surface area contributed by atoms with Gasteiger partial charge in [-0.3, -0.25) is 0 Å². The zero-order valence-corrected chi connectivity index (χ0v) is 9.36. The molecule has 15 heavy (non-hydrogen) atoms. The number of rotatable bonds is 5. The van der Waals surface area contributed by atoms with Gasteiger partial charge in [0.25, 0.3) is 0 Å². The van der Waals surface area contributed by atoms with Gasteiger partial charge in [-0.25, -0.2) is 0 Å². The van der Waals surface area contributed by atoms with Crippen LogP contribution in [0.4, 0.5) is 0 Å². The fraction of sp³-hybridized carbons (Fsp3) is 1.00. The van der Waals surface area contributed by atoms with E-state index in [9.17, 15) is 5.11 Å². The summed E-state index contributed by atoms with van der Waals surface area (Å²) in [5.74, 6) is 0.535. The van der Waals surface area contributed by atoms with Gasteiger partial charge in [-0.05, 0) is 50.1 Å². The quantitative estimate of drug-likeness (QED) is 0.513. The predicted octanol–water partition coefficient (Wildman–Crippen LogP) is -0.176. The van der Waals surface area contributed by atoms with Crippen molar-refractivity contribution < 1.29 is 10.2 Å². The molecule has 1 rings (SSSR count). The molecule has 4 nitrogen and oxygen atoms in total. The number of hydrogen-bond donors (Lipinski definition) is 4. The van der Waals surface area contributed by atoms with Gasteiger partial charge in [-0.1, -0.05) is 6.42 Å². The van der Waals surface area contributed by atoms with E-state index < -0.39 is 6.10 Å². The maximum Gasteiger partial charge on any atom is 0.0776 e. The summed E-state index contributed by atoms with van der Waals surface area (Å²) in [7, 11) is 0. The van der Waals surface area contributed by atoms with E-state index in [1.54, 1.807) is 0 Å². The molecular formula is C11H24N2O2. The first kappa shape index (κ1) is 12.9. The van der Waals surface area contributed by atoms with Crippen molar-refractivity contribution in [3.05, 3.63) is 0 Å². The summed E-state index contributed by atoms with van der Waals surface area (Å²) in [4.78, 5) is 0. The van der Waals surface area contributed by atoms with Crippen LogP contribution in [0, 0.1) is 11.3 Å². The van der Waals surface area contributed by atoms with Crippen molar-refractivity contribution in [1.29, 1.82) is 0 Å². The van der Waals surface area contributed by atoms with E-state index in [2.05, 4.69) is 0 Å². The Morgan fingerprint density at radius 1 is 1.40 bits per heavy atom. The lowest BCUT2D eigenvalue weighted by Crippen LogP contribution is -2.41. The van der Waals surface area contributed by atoms with Gasteiger partial charge in [0.1, 0.15) is 0 Å². The van der Waals surface area contributed by atoms with Crippen LogP contribution < -0.4 is 11.5 Å². The third-order valence-electron chi connectivity index (χ3n) is 3.69. The molecule has 1 aliphatic rings. The molecule has 0 bridgehead atoms. The molecule has 3 unspecified atom stereocenters. The molecule has 1 aliphatic carbocycles. The first-order chi connectivity index (χ1) is 7.15. The van der Waals surface area contributed by atoms with E-state index in [1.165, 1.54) is 6.42 Å². The Morgan fingerprint density at radius 2 is 2.13 bits per heavy atom. The van der Waals surface area contributed by atoms with Crippen LogP contribution in [0.1, 0.15) is 32.1 Å². The van der Waals surface area contributed by atoms with Crippen LogP contribution in [0.25, 0.3) is 0 Å². The molecule has 6 N–H and O–H groups in total. The van der Waals surface area contributed by atoms with Gasteiger partial charge >= 0.3 is 0 Å². The van der Waals surface area contributed by atoms with Crippen LogP contribution in [0.15, 0.2) is 0 Å². The summed E-state index contributed by atoms with van der Waals surface area (Å²) >= 11 is 0. The maximum atomic E-state index is 9.53. The summed E-state index contributed by atoms with van der Waals surface area (Å²) in [6.07, 6.45) is 4.33. The van der Waals surface area contributed by atoms with Crippen LogP contribution in [-0.4, -0.2) is 36.0 Å². The zero-order valence-electron chi connectivity index (χ0n) is 9.36. The third-order valence-corrected chi connectivity index (χ3v) is 3.69. The van der Waals surface area contributed by atoms with Gasteiger partial charge in [-0.15, -0.1) is 0 Å². The van der Waals surface area contributed by atoms with Crippen molar-refractivity contribution in [3.8, 4) is 0 Å². The van der Waals surface area contributed by atoms with Crippen molar-refractivity contribution in [2.45, 2.75) is 38.2 Å². The van der Waals surface area contributed by atoms with Crippen LogP contribution in [-0.2, 0) is 0 Å². The van der Waals surface area contributed by atoms with Gasteiger partial charge in [0, 0.05) is 0 Å². The topological polar surface area (TPSA) is 92.5 Å². The molecule has 4 heteroatoms. The number of aliphatic hydroxyl groups excluding tert-OH is 2. The zero-order chi connectivity index (χ0) is 11.3. The van der Waals surface area contributed by atoms with Gasteiger partial charge in [0.05, 0.1) is 12.7 Å². The van der Waals surface area contributed by atoms with Crippen LogP contribution in [0.3, 0.4) is 0 Å². The fourth-order valence-electron chi connectivity index (χ4n) is 2.80. The minimum Gasteiger partial charge on any atom is -0.394 e. The molecule has 0 saturated heterocycles. The SMILES string of the molecule is NCC1CCCC(CN)(CC(O)CO)C1. The Balaban J connectivity index is 2.57. The maximum absolute atomic E-state index is 9.53. The van der Waals surface area contributed by atoms with Gasteiger partial charge in [0.15, 0.2) is 0 Å². The van der Waals surface area contributed by atoms with Gasteiger partial charge in [0.2, 0.25) is 0 Å². The highest BCUT2D eigenvalue weighted by molar-refractivity contribution is 4.89. The molecule has 1 fully saturated rings. The minimum absolute atomic E-state index is 0.00440. The molecular weight excluding hydrogens is 192 g/mol. The first-order valence-corrected chi connectivity index (χ1v) is 5.85. The molecule has 0 radical (unpaired) electrons. The van der Waals surface area contributed by atoms with Crippen molar-refractivity contribution in [3.63, 3.8) is 0 Å². The highest BCUT2D eigenvalue weighted by atomic mass is 16.3. The highest BCUT2D eigenvalue weighted by Gasteiger charge is 2.36. The Kier molecular flexibility index (Phi) is 4.99. The number of hydrogen-bond acceptors (Lipinski definition) is 4. The first-order valence-electron chi connectivity index (χ1n) is 5.85. The standard InChI is InChI=1S/C11H24N2O2/c12-6-9-2-1-3-11(4-9,8-13)5-10(15)7-14/h9-10,14-15H,1-8,12-13H2. The minimum atomic E-state index is -0.634. The molecule has 3 atom stereocenters. The monoisotopic (exact) mass is 216 g/mol. The Hall–Kier alpha value is -0.160. The molecule has 0 amide bonds. The molecule has 0 heterocycles. The van der Waals surface area contributed by atoms with Crippen molar-refractivity contribution >= 4 is 0 Å². The van der Waals surface area contributed by atoms with Crippen molar-refractivity contribution in [1.82, 2.24) is 0 Å². The molecule has 0 spiro atoms. The lowest BCUT2D eigenvalue weighted by molar-refractivity contribution is 0.0246.